The van der Waals surface area contributed by atoms with Gasteiger partial charge in [-0.3, -0.25) is 4.79 Å². The molecule has 0 aliphatic carbocycles. The molecular weight excluding hydrogens is 376 g/mol. The van der Waals surface area contributed by atoms with Crippen molar-refractivity contribution in [3.05, 3.63) is 48.5 Å². The van der Waals surface area contributed by atoms with Gasteiger partial charge in [0, 0.05) is 11.9 Å². The van der Waals surface area contributed by atoms with Gasteiger partial charge >= 0.3 is 0 Å². The van der Waals surface area contributed by atoms with Crippen molar-refractivity contribution in [1.29, 1.82) is 0 Å². The van der Waals surface area contributed by atoms with E-state index in [0.717, 1.165) is 25.6 Å². The van der Waals surface area contributed by atoms with Gasteiger partial charge in [-0.05, 0) is 61.9 Å². The van der Waals surface area contributed by atoms with E-state index < -0.39 is 9.84 Å². The summed E-state index contributed by atoms with van der Waals surface area (Å²) in [5, 5.41) is 6.02. The van der Waals surface area contributed by atoms with Gasteiger partial charge in [0.25, 0.3) is 0 Å². The molecule has 1 atom stereocenters. The second-order valence-electron chi connectivity index (χ2n) is 6.01. The van der Waals surface area contributed by atoms with Crippen LogP contribution in [0.1, 0.15) is 12.8 Å². The lowest BCUT2D eigenvalue weighted by atomic mass is 10.2. The van der Waals surface area contributed by atoms with Crippen molar-refractivity contribution in [2.24, 2.45) is 0 Å². The summed E-state index contributed by atoms with van der Waals surface area (Å²) in [6.07, 6.45) is 3.02. The average Bonchev–Trinajstić information content (AvgIpc) is 3.11. The van der Waals surface area contributed by atoms with Crippen LogP contribution in [-0.2, 0) is 14.6 Å². The van der Waals surface area contributed by atoms with Gasteiger partial charge in [-0.25, -0.2) is 8.42 Å². The third-order valence-electron chi connectivity index (χ3n) is 3.97. The van der Waals surface area contributed by atoms with Crippen molar-refractivity contribution in [3.63, 3.8) is 0 Å². The van der Waals surface area contributed by atoms with E-state index in [1.165, 1.54) is 12.1 Å². The Morgan fingerprint density at radius 2 is 1.88 bits per heavy atom. The maximum atomic E-state index is 12.1. The van der Waals surface area contributed by atoms with E-state index in [-0.39, 0.29) is 29.3 Å². The van der Waals surface area contributed by atoms with Crippen LogP contribution in [0, 0.1) is 0 Å². The van der Waals surface area contributed by atoms with Crippen molar-refractivity contribution in [2.75, 3.05) is 18.1 Å². The molecule has 6 nitrogen and oxygen atoms in total. The highest BCUT2D eigenvalue weighted by molar-refractivity contribution is 7.90. The van der Waals surface area contributed by atoms with Gasteiger partial charge in [0.05, 0.1) is 10.9 Å². The molecule has 1 amide bonds. The molecule has 1 unspecified atom stereocenters. The largest absolute Gasteiger partial charge is 0.457 e. The van der Waals surface area contributed by atoms with Crippen molar-refractivity contribution < 1.29 is 17.9 Å². The van der Waals surface area contributed by atoms with E-state index in [0.29, 0.717) is 17.2 Å². The first-order chi connectivity index (χ1) is 11.9. The summed E-state index contributed by atoms with van der Waals surface area (Å²) in [7, 11) is -3.28. The summed E-state index contributed by atoms with van der Waals surface area (Å²) in [4.78, 5) is 12.3. The Balaban J connectivity index is 0.00000243. The summed E-state index contributed by atoms with van der Waals surface area (Å²) in [6, 6.07) is 13.2. The molecule has 0 bridgehead atoms. The molecule has 0 spiro atoms. The van der Waals surface area contributed by atoms with Crippen LogP contribution in [0.15, 0.2) is 53.4 Å². The zero-order valence-corrected chi connectivity index (χ0v) is 15.9. The number of hydrogen-bond donors (Lipinski definition) is 2. The fraction of sp³-hybridized carbons (Fsp3) is 0.278. The number of carbonyl (C=O) groups is 1. The van der Waals surface area contributed by atoms with E-state index in [1.54, 1.807) is 36.4 Å². The lowest BCUT2D eigenvalue weighted by Gasteiger charge is -2.12. The molecule has 26 heavy (non-hydrogen) atoms. The minimum Gasteiger partial charge on any atom is -0.457 e. The number of nitrogens with one attached hydrogen (secondary N) is 2. The molecule has 2 aromatic rings. The van der Waals surface area contributed by atoms with Crippen molar-refractivity contribution in [3.8, 4) is 11.5 Å². The zero-order chi connectivity index (χ0) is 17.9. The highest BCUT2D eigenvalue weighted by atomic mass is 35.5. The number of anilines is 1. The first-order valence-corrected chi connectivity index (χ1v) is 9.93. The summed E-state index contributed by atoms with van der Waals surface area (Å²) < 4.78 is 28.9. The Morgan fingerprint density at radius 1 is 1.15 bits per heavy atom. The molecule has 2 aromatic carbocycles. The topological polar surface area (TPSA) is 84.5 Å². The minimum absolute atomic E-state index is 0. The molecule has 1 aliphatic rings. The highest BCUT2D eigenvalue weighted by Crippen LogP contribution is 2.25. The van der Waals surface area contributed by atoms with E-state index >= 15 is 0 Å². The smallest absolute Gasteiger partial charge is 0.241 e. The second-order valence-corrected chi connectivity index (χ2v) is 8.03. The van der Waals surface area contributed by atoms with Gasteiger partial charge < -0.3 is 15.4 Å². The maximum Gasteiger partial charge on any atom is 0.241 e. The summed E-state index contributed by atoms with van der Waals surface area (Å²) >= 11 is 0. The van der Waals surface area contributed by atoms with E-state index in [2.05, 4.69) is 10.6 Å². The van der Waals surface area contributed by atoms with Gasteiger partial charge in [0.2, 0.25) is 5.91 Å². The SMILES string of the molecule is CS(=O)(=O)c1cccc(Oc2ccc(NC(=O)C3CCCN3)cc2)c1.Cl. The van der Waals surface area contributed by atoms with Crippen LogP contribution in [0.3, 0.4) is 0 Å². The molecule has 8 heteroatoms. The molecule has 0 aromatic heterocycles. The average molecular weight is 397 g/mol. The molecule has 1 fully saturated rings. The van der Waals surface area contributed by atoms with Gasteiger partial charge in [0.1, 0.15) is 11.5 Å². The zero-order valence-electron chi connectivity index (χ0n) is 14.3. The van der Waals surface area contributed by atoms with Crippen LogP contribution in [0.5, 0.6) is 11.5 Å². The van der Waals surface area contributed by atoms with Crippen LogP contribution < -0.4 is 15.4 Å². The Labute approximate surface area is 159 Å². The third-order valence-corrected chi connectivity index (χ3v) is 5.08. The number of sulfone groups is 1. The van der Waals surface area contributed by atoms with Crippen LogP contribution in [0.2, 0.25) is 0 Å². The first-order valence-electron chi connectivity index (χ1n) is 8.04. The molecular formula is C18H21ClN2O4S. The molecule has 1 saturated heterocycles. The van der Waals surface area contributed by atoms with E-state index in [1.807, 2.05) is 0 Å². The number of rotatable bonds is 5. The predicted octanol–water partition coefficient (Wildman–Crippen LogP) is 2.99. The standard InChI is InChI=1S/C18H20N2O4S.ClH/c1-25(22,23)16-5-2-4-15(12-16)24-14-9-7-13(8-10-14)20-18(21)17-6-3-11-19-17;/h2,4-5,7-10,12,17,19H,3,6,11H2,1H3,(H,20,21);1H. The van der Waals surface area contributed by atoms with Crippen LogP contribution >= 0.6 is 12.4 Å². The number of ether oxygens (including phenoxy) is 1. The highest BCUT2D eigenvalue weighted by Gasteiger charge is 2.21. The number of hydrogen-bond acceptors (Lipinski definition) is 5. The fourth-order valence-corrected chi connectivity index (χ4v) is 3.30. The summed E-state index contributed by atoms with van der Waals surface area (Å²) in [5.74, 6) is 0.963. The fourth-order valence-electron chi connectivity index (χ4n) is 2.65. The molecule has 1 heterocycles. The van der Waals surface area contributed by atoms with E-state index in [4.69, 9.17) is 4.74 Å². The molecule has 3 rings (SSSR count). The second kappa shape index (κ2) is 8.53. The Morgan fingerprint density at radius 3 is 2.50 bits per heavy atom. The van der Waals surface area contributed by atoms with Gasteiger partial charge in [-0.2, -0.15) is 0 Å². The number of carbonyl (C=O) groups excluding carboxylic acids is 1. The number of benzene rings is 2. The first kappa shape index (κ1) is 20.2. The van der Waals surface area contributed by atoms with Gasteiger partial charge in [-0.15, -0.1) is 12.4 Å². The monoisotopic (exact) mass is 396 g/mol. The van der Waals surface area contributed by atoms with Crippen LogP contribution in [0.4, 0.5) is 5.69 Å². The van der Waals surface area contributed by atoms with Crippen molar-refractivity contribution >= 4 is 33.8 Å². The Kier molecular flexibility index (Phi) is 6.63. The van der Waals surface area contributed by atoms with Crippen molar-refractivity contribution in [2.45, 2.75) is 23.8 Å². The minimum atomic E-state index is -3.28. The molecule has 0 saturated carbocycles. The molecule has 2 N–H and O–H groups in total. The third kappa shape index (κ3) is 5.20. The van der Waals surface area contributed by atoms with Crippen molar-refractivity contribution in [1.82, 2.24) is 5.32 Å². The van der Waals surface area contributed by atoms with E-state index in [9.17, 15) is 13.2 Å². The Hall–Kier alpha value is -2.09. The Bertz CT molecular complexity index is 863. The van der Waals surface area contributed by atoms with Gasteiger partial charge in [0.15, 0.2) is 9.84 Å². The van der Waals surface area contributed by atoms with Gasteiger partial charge in [-0.1, -0.05) is 6.07 Å². The van der Waals surface area contributed by atoms with Crippen LogP contribution in [0.25, 0.3) is 0 Å². The number of halogens is 1. The molecule has 1 aliphatic heterocycles. The molecule has 140 valence electrons. The lowest BCUT2D eigenvalue weighted by molar-refractivity contribution is -0.117. The lowest BCUT2D eigenvalue weighted by Crippen LogP contribution is -2.35. The quantitative estimate of drug-likeness (QED) is 0.811. The van der Waals surface area contributed by atoms with Crippen LogP contribution in [-0.4, -0.2) is 33.2 Å². The molecule has 0 radical (unpaired) electrons. The predicted molar refractivity (Wildman–Crippen MR) is 103 cm³/mol. The summed E-state index contributed by atoms with van der Waals surface area (Å²) in [6.45, 7) is 0.872. The maximum absolute atomic E-state index is 12.1. The number of amides is 1. The normalized spacial score (nSPS) is 16.6. The summed E-state index contributed by atoms with van der Waals surface area (Å²) in [5.41, 5.74) is 0.691.